The largest absolute Gasteiger partial charge is 0.466 e. The van der Waals surface area contributed by atoms with E-state index in [1.807, 2.05) is 0 Å². The van der Waals surface area contributed by atoms with E-state index < -0.39 is 12.1 Å². The van der Waals surface area contributed by atoms with Gasteiger partial charge in [-0.15, -0.1) is 0 Å². The maximum atomic E-state index is 12.4. The third kappa shape index (κ3) is 48.3. The predicted octanol–water partition coefficient (Wildman–Crippen LogP) is 17.1. The summed E-state index contributed by atoms with van der Waals surface area (Å²) in [6, 6.07) is -0.539. The zero-order valence-electron chi connectivity index (χ0n) is 42.1. The van der Waals surface area contributed by atoms with E-state index in [0.717, 1.165) is 38.5 Å². The Morgan fingerprint density at radius 2 is 0.661 bits per heavy atom. The highest BCUT2D eigenvalue weighted by atomic mass is 16.5. The highest BCUT2D eigenvalue weighted by molar-refractivity contribution is 5.76. The molecule has 1 amide bonds. The lowest BCUT2D eigenvalue weighted by atomic mass is 10.0. The predicted molar refractivity (Wildman–Crippen MR) is 269 cm³/mol. The zero-order chi connectivity index (χ0) is 45.1. The number of aliphatic hydroxyl groups excluding tert-OH is 2. The van der Waals surface area contributed by atoms with Gasteiger partial charge < -0.3 is 20.3 Å². The molecule has 0 spiro atoms. The lowest BCUT2D eigenvalue weighted by molar-refractivity contribution is -0.143. The Morgan fingerprint density at radius 3 is 0.984 bits per heavy atom. The summed E-state index contributed by atoms with van der Waals surface area (Å²) in [5.41, 5.74) is 0. The van der Waals surface area contributed by atoms with E-state index in [4.69, 9.17) is 4.74 Å². The third-order valence-corrected chi connectivity index (χ3v) is 13.4. The number of carbonyl (C=O) groups excluding carboxylic acids is 2. The van der Waals surface area contributed by atoms with E-state index in [0.29, 0.717) is 25.9 Å². The van der Waals surface area contributed by atoms with Crippen LogP contribution in [0.1, 0.15) is 322 Å². The molecule has 0 aliphatic rings. The van der Waals surface area contributed by atoms with Crippen LogP contribution in [0.5, 0.6) is 0 Å². The number of carbonyl (C=O) groups is 2. The quantitative estimate of drug-likeness (QED) is 0.0418. The molecule has 370 valence electrons. The first-order valence-electron chi connectivity index (χ1n) is 28.3. The van der Waals surface area contributed by atoms with Crippen molar-refractivity contribution in [2.45, 2.75) is 334 Å². The molecule has 0 aliphatic heterocycles. The van der Waals surface area contributed by atoms with Crippen LogP contribution in [-0.2, 0) is 14.3 Å². The van der Waals surface area contributed by atoms with Gasteiger partial charge in [0.05, 0.1) is 25.4 Å². The van der Waals surface area contributed by atoms with Gasteiger partial charge in [-0.25, -0.2) is 0 Å². The van der Waals surface area contributed by atoms with E-state index in [1.54, 1.807) is 0 Å². The minimum absolute atomic E-state index is 0.0140. The van der Waals surface area contributed by atoms with Gasteiger partial charge in [-0.1, -0.05) is 284 Å². The summed E-state index contributed by atoms with van der Waals surface area (Å²) in [7, 11) is 0. The van der Waals surface area contributed by atoms with Crippen LogP contribution >= 0.6 is 0 Å². The summed E-state index contributed by atoms with van der Waals surface area (Å²) in [5, 5.41) is 23.1. The molecule has 0 saturated carbocycles. The third-order valence-electron chi connectivity index (χ3n) is 13.4. The molecule has 62 heavy (non-hydrogen) atoms. The van der Waals surface area contributed by atoms with Crippen molar-refractivity contribution in [1.82, 2.24) is 5.32 Å². The first-order valence-corrected chi connectivity index (χ1v) is 28.3. The molecule has 6 nitrogen and oxygen atoms in total. The highest BCUT2D eigenvalue weighted by Gasteiger charge is 2.20. The lowest BCUT2D eigenvalue weighted by Gasteiger charge is -2.22. The average molecular weight is 879 g/mol. The molecule has 0 aromatic rings. The number of aliphatic hydroxyl groups is 2. The number of hydrogen-bond donors (Lipinski definition) is 3. The topological polar surface area (TPSA) is 95.9 Å². The maximum Gasteiger partial charge on any atom is 0.305 e. The zero-order valence-corrected chi connectivity index (χ0v) is 42.1. The average Bonchev–Trinajstić information content (AvgIpc) is 3.27. The van der Waals surface area contributed by atoms with Crippen LogP contribution in [-0.4, -0.2) is 47.4 Å². The second-order valence-corrected chi connectivity index (χ2v) is 19.6. The number of amides is 1. The number of hydrogen-bond acceptors (Lipinski definition) is 5. The van der Waals surface area contributed by atoms with Gasteiger partial charge in [-0.2, -0.15) is 0 Å². The van der Waals surface area contributed by atoms with Gasteiger partial charge in [-0.3, -0.25) is 9.59 Å². The van der Waals surface area contributed by atoms with Crippen LogP contribution in [0, 0.1) is 0 Å². The molecule has 0 aromatic heterocycles. The van der Waals surface area contributed by atoms with Crippen molar-refractivity contribution in [2.75, 3.05) is 13.2 Å². The van der Waals surface area contributed by atoms with Crippen LogP contribution in [0.3, 0.4) is 0 Å². The minimum Gasteiger partial charge on any atom is -0.466 e. The van der Waals surface area contributed by atoms with Gasteiger partial charge in [0.2, 0.25) is 5.91 Å². The van der Waals surface area contributed by atoms with Crippen LogP contribution in [0.2, 0.25) is 0 Å². The van der Waals surface area contributed by atoms with Gasteiger partial charge in [0.15, 0.2) is 0 Å². The molecule has 0 saturated heterocycles. The number of ether oxygens (including phenoxy) is 1. The van der Waals surface area contributed by atoms with Crippen molar-refractivity contribution in [3.8, 4) is 0 Å². The molecule has 0 fully saturated rings. The smallest absolute Gasteiger partial charge is 0.305 e. The molecular formula is C56H111NO5. The molecule has 0 radical (unpaired) electrons. The Labute approximate surface area is 387 Å². The molecule has 0 aromatic carbocycles. The summed E-state index contributed by atoms with van der Waals surface area (Å²) in [5.74, 6) is -0.0228. The fourth-order valence-corrected chi connectivity index (χ4v) is 9.05. The summed E-state index contributed by atoms with van der Waals surface area (Å²) < 4.78 is 5.48. The van der Waals surface area contributed by atoms with Crippen molar-refractivity contribution in [3.63, 3.8) is 0 Å². The van der Waals surface area contributed by atoms with E-state index >= 15 is 0 Å². The number of unbranched alkanes of at least 4 members (excludes halogenated alkanes) is 42. The van der Waals surface area contributed by atoms with E-state index in [9.17, 15) is 19.8 Å². The van der Waals surface area contributed by atoms with Crippen molar-refractivity contribution < 1.29 is 24.5 Å². The van der Waals surface area contributed by atoms with E-state index in [2.05, 4.69) is 19.2 Å². The Bertz CT molecular complexity index is 882. The first kappa shape index (κ1) is 60.9. The molecule has 2 atom stereocenters. The number of esters is 1. The lowest BCUT2D eigenvalue weighted by Crippen LogP contribution is -2.45. The summed E-state index contributed by atoms with van der Waals surface area (Å²) in [4.78, 5) is 24.5. The summed E-state index contributed by atoms with van der Waals surface area (Å²) in [6.07, 6.45) is 59.5. The molecule has 6 heteroatoms. The first-order chi connectivity index (χ1) is 30.5. The Balaban J connectivity index is 3.34. The van der Waals surface area contributed by atoms with Crippen molar-refractivity contribution >= 4 is 11.9 Å². The SMILES string of the molecule is CCCCCCCCCCCCCCCCCC(=O)OCCCCCCCCCCCCCCCCCCCCCCC(=O)NC(CO)C(O)CCCCCCCCCCCC. The van der Waals surface area contributed by atoms with Gasteiger partial charge in [0, 0.05) is 12.8 Å². The van der Waals surface area contributed by atoms with Crippen molar-refractivity contribution in [1.29, 1.82) is 0 Å². The van der Waals surface area contributed by atoms with Gasteiger partial charge >= 0.3 is 5.97 Å². The van der Waals surface area contributed by atoms with Gasteiger partial charge in [-0.05, 0) is 25.7 Å². The molecule has 0 bridgehead atoms. The Kier molecular flexibility index (Phi) is 51.5. The highest BCUT2D eigenvalue weighted by Crippen LogP contribution is 2.18. The molecule has 3 N–H and O–H groups in total. The summed E-state index contributed by atoms with van der Waals surface area (Å²) in [6.45, 7) is 4.96. The summed E-state index contributed by atoms with van der Waals surface area (Å²) >= 11 is 0. The number of rotatable bonds is 53. The standard InChI is InChI=1S/C56H111NO5/c1-3-5-7-9-11-13-15-16-23-27-30-34-38-42-46-50-56(61)62-51-47-43-39-35-31-28-25-22-20-18-17-19-21-24-26-29-33-37-41-45-49-55(60)57-53(52-58)54(59)48-44-40-36-32-14-12-10-8-6-4-2/h53-54,58-59H,3-52H2,1-2H3,(H,57,60). The normalized spacial score (nSPS) is 12.5. The van der Waals surface area contributed by atoms with E-state index in [-0.39, 0.29) is 18.5 Å². The van der Waals surface area contributed by atoms with Crippen LogP contribution in [0.15, 0.2) is 0 Å². The second-order valence-electron chi connectivity index (χ2n) is 19.6. The molecular weight excluding hydrogens is 767 g/mol. The minimum atomic E-state index is -0.662. The Morgan fingerprint density at radius 1 is 0.387 bits per heavy atom. The number of nitrogens with one attached hydrogen (secondary N) is 1. The van der Waals surface area contributed by atoms with Crippen LogP contribution in [0.4, 0.5) is 0 Å². The van der Waals surface area contributed by atoms with Gasteiger partial charge in [0.25, 0.3) is 0 Å². The van der Waals surface area contributed by atoms with Crippen LogP contribution < -0.4 is 5.32 Å². The van der Waals surface area contributed by atoms with Crippen molar-refractivity contribution in [3.05, 3.63) is 0 Å². The maximum absolute atomic E-state index is 12.4. The Hall–Kier alpha value is -1.14. The molecule has 2 unspecified atom stereocenters. The monoisotopic (exact) mass is 878 g/mol. The van der Waals surface area contributed by atoms with E-state index in [1.165, 1.54) is 250 Å². The second kappa shape index (κ2) is 52.5. The van der Waals surface area contributed by atoms with Crippen molar-refractivity contribution in [2.24, 2.45) is 0 Å². The molecule has 0 aliphatic carbocycles. The molecule has 0 heterocycles. The molecule has 0 rings (SSSR count). The van der Waals surface area contributed by atoms with Crippen LogP contribution in [0.25, 0.3) is 0 Å². The fraction of sp³-hybridized carbons (Fsp3) is 0.964. The fourth-order valence-electron chi connectivity index (χ4n) is 9.05. The van der Waals surface area contributed by atoms with Gasteiger partial charge in [0.1, 0.15) is 0 Å².